The molecule has 2 aliphatic rings. The van der Waals surface area contributed by atoms with Crippen LogP contribution in [0.25, 0.3) is 0 Å². The van der Waals surface area contributed by atoms with Crippen molar-refractivity contribution in [1.29, 1.82) is 0 Å². The third kappa shape index (κ3) is 1.87. The molecule has 0 bridgehead atoms. The molecule has 2 rings (SSSR count). The van der Waals surface area contributed by atoms with Crippen molar-refractivity contribution < 1.29 is 0 Å². The molecule has 1 heterocycles. The number of rotatable bonds is 0. The molecule has 3 heteroatoms. The van der Waals surface area contributed by atoms with Gasteiger partial charge in [-0.1, -0.05) is 35.4 Å². The molecule has 0 aromatic heterocycles. The predicted octanol–water partition coefficient (Wildman–Crippen LogP) is 1.25. The minimum Gasteiger partial charge on any atom is -0.310 e. The van der Waals surface area contributed by atoms with Crippen LogP contribution >= 0.6 is 22.6 Å². The molecule has 0 radical (unpaired) electrons. The number of alkyl halides is 1. The Kier molecular flexibility index (Phi) is 2.69. The first-order chi connectivity index (χ1) is 5.36. The maximum Gasteiger partial charge on any atom is 0.0722 e. The quantitative estimate of drug-likeness (QED) is 0.392. The molecule has 1 aliphatic carbocycles. The van der Waals surface area contributed by atoms with Gasteiger partial charge in [0.05, 0.1) is 4.05 Å². The molecular formula is C8H15IN2. The highest BCUT2D eigenvalue weighted by Gasteiger charge is 2.29. The minimum atomic E-state index is 0.645. The van der Waals surface area contributed by atoms with Gasteiger partial charge in [0.2, 0.25) is 0 Å². The van der Waals surface area contributed by atoms with Crippen molar-refractivity contribution in [2.75, 3.05) is 6.54 Å². The van der Waals surface area contributed by atoms with Gasteiger partial charge in [0.15, 0.2) is 0 Å². The third-order valence-corrected chi connectivity index (χ3v) is 3.52. The lowest BCUT2D eigenvalue weighted by atomic mass is 9.89. The van der Waals surface area contributed by atoms with Crippen molar-refractivity contribution in [3.8, 4) is 0 Å². The van der Waals surface area contributed by atoms with E-state index in [0.717, 1.165) is 18.6 Å². The molecule has 1 aliphatic heterocycles. The summed E-state index contributed by atoms with van der Waals surface area (Å²) in [5.41, 5.74) is 0. The standard InChI is InChI=1S/C8H15IN2/c9-8-5-10-6-3-1-2-4-7(6)11-8/h6-8,10-11H,1-5H2/t6?,7-,8-/m0/s1. The zero-order valence-electron chi connectivity index (χ0n) is 6.65. The van der Waals surface area contributed by atoms with Gasteiger partial charge in [0.1, 0.15) is 0 Å². The highest BCUT2D eigenvalue weighted by atomic mass is 127. The number of fused-ring (bicyclic) bond motifs is 1. The number of piperazine rings is 1. The first-order valence-corrected chi connectivity index (χ1v) is 5.74. The van der Waals surface area contributed by atoms with E-state index in [1.807, 2.05) is 0 Å². The van der Waals surface area contributed by atoms with Crippen LogP contribution in [0.4, 0.5) is 0 Å². The average Bonchev–Trinajstić information content (AvgIpc) is 2.04. The monoisotopic (exact) mass is 266 g/mol. The fraction of sp³-hybridized carbons (Fsp3) is 1.00. The van der Waals surface area contributed by atoms with Gasteiger partial charge in [-0.05, 0) is 12.8 Å². The number of halogens is 1. The van der Waals surface area contributed by atoms with Crippen LogP contribution in [0.2, 0.25) is 0 Å². The van der Waals surface area contributed by atoms with Gasteiger partial charge >= 0.3 is 0 Å². The highest BCUT2D eigenvalue weighted by Crippen LogP contribution is 2.22. The SMILES string of the molecule is I[C@@H]1CNC2CCCC[C@@H]2N1. The molecular weight excluding hydrogens is 251 g/mol. The van der Waals surface area contributed by atoms with Crippen LogP contribution in [-0.2, 0) is 0 Å². The van der Waals surface area contributed by atoms with E-state index in [0.29, 0.717) is 4.05 Å². The van der Waals surface area contributed by atoms with Gasteiger partial charge in [0, 0.05) is 18.6 Å². The van der Waals surface area contributed by atoms with E-state index in [2.05, 4.69) is 33.2 Å². The van der Waals surface area contributed by atoms with E-state index in [-0.39, 0.29) is 0 Å². The molecule has 3 atom stereocenters. The Balaban J connectivity index is 1.93. The van der Waals surface area contributed by atoms with Crippen molar-refractivity contribution in [3.05, 3.63) is 0 Å². The Bertz CT molecular complexity index is 140. The summed E-state index contributed by atoms with van der Waals surface area (Å²) in [4.78, 5) is 0. The smallest absolute Gasteiger partial charge is 0.0722 e. The topological polar surface area (TPSA) is 24.1 Å². The Morgan fingerprint density at radius 2 is 1.82 bits per heavy atom. The number of hydrogen-bond acceptors (Lipinski definition) is 2. The van der Waals surface area contributed by atoms with E-state index >= 15 is 0 Å². The number of hydrogen-bond donors (Lipinski definition) is 2. The average molecular weight is 266 g/mol. The Morgan fingerprint density at radius 1 is 1.09 bits per heavy atom. The molecule has 64 valence electrons. The van der Waals surface area contributed by atoms with Crippen LogP contribution in [-0.4, -0.2) is 22.7 Å². The molecule has 1 saturated carbocycles. The van der Waals surface area contributed by atoms with E-state index in [9.17, 15) is 0 Å². The summed E-state index contributed by atoms with van der Waals surface area (Å²) in [6, 6.07) is 1.54. The fourth-order valence-corrected chi connectivity index (χ4v) is 2.84. The molecule has 0 spiro atoms. The van der Waals surface area contributed by atoms with Crippen LogP contribution in [0.5, 0.6) is 0 Å². The van der Waals surface area contributed by atoms with Crippen LogP contribution in [0.1, 0.15) is 25.7 Å². The van der Waals surface area contributed by atoms with Gasteiger partial charge in [-0.2, -0.15) is 0 Å². The zero-order chi connectivity index (χ0) is 7.68. The maximum absolute atomic E-state index is 3.64. The van der Waals surface area contributed by atoms with Crippen LogP contribution in [0, 0.1) is 0 Å². The molecule has 2 fully saturated rings. The van der Waals surface area contributed by atoms with Crippen molar-refractivity contribution in [3.63, 3.8) is 0 Å². The molecule has 11 heavy (non-hydrogen) atoms. The summed E-state index contributed by atoms with van der Waals surface area (Å²) >= 11 is 2.47. The molecule has 0 aromatic rings. The van der Waals surface area contributed by atoms with Gasteiger partial charge in [-0.15, -0.1) is 0 Å². The normalized spacial score (nSPS) is 45.0. The first kappa shape index (κ1) is 8.26. The lowest BCUT2D eigenvalue weighted by molar-refractivity contribution is 0.246. The van der Waals surface area contributed by atoms with E-state index in [1.165, 1.54) is 25.7 Å². The summed E-state index contributed by atoms with van der Waals surface area (Å²) in [6.45, 7) is 1.14. The molecule has 0 amide bonds. The fourth-order valence-electron chi connectivity index (χ4n) is 2.12. The van der Waals surface area contributed by atoms with E-state index in [1.54, 1.807) is 0 Å². The lowest BCUT2D eigenvalue weighted by Crippen LogP contribution is -2.59. The van der Waals surface area contributed by atoms with Crippen molar-refractivity contribution in [2.24, 2.45) is 0 Å². The van der Waals surface area contributed by atoms with E-state index < -0.39 is 0 Å². The van der Waals surface area contributed by atoms with Crippen molar-refractivity contribution in [1.82, 2.24) is 10.6 Å². The van der Waals surface area contributed by atoms with Gasteiger partial charge in [-0.3, -0.25) is 0 Å². The Labute approximate surface area is 81.6 Å². The van der Waals surface area contributed by atoms with Crippen molar-refractivity contribution in [2.45, 2.75) is 41.8 Å². The highest BCUT2D eigenvalue weighted by molar-refractivity contribution is 14.1. The summed E-state index contributed by atoms with van der Waals surface area (Å²) in [6.07, 6.45) is 5.58. The summed E-state index contributed by atoms with van der Waals surface area (Å²) in [5.74, 6) is 0. The van der Waals surface area contributed by atoms with Crippen molar-refractivity contribution >= 4 is 22.6 Å². The minimum absolute atomic E-state index is 0.645. The lowest BCUT2D eigenvalue weighted by Gasteiger charge is -2.39. The molecule has 0 aromatic carbocycles. The Morgan fingerprint density at radius 3 is 2.64 bits per heavy atom. The van der Waals surface area contributed by atoms with Gasteiger partial charge in [0.25, 0.3) is 0 Å². The Hall–Kier alpha value is 0.650. The zero-order valence-corrected chi connectivity index (χ0v) is 8.80. The number of nitrogens with one attached hydrogen (secondary N) is 2. The molecule has 2 N–H and O–H groups in total. The van der Waals surface area contributed by atoms with Crippen LogP contribution in [0.3, 0.4) is 0 Å². The van der Waals surface area contributed by atoms with Gasteiger partial charge < -0.3 is 10.6 Å². The third-order valence-electron chi connectivity index (χ3n) is 2.72. The summed E-state index contributed by atoms with van der Waals surface area (Å²) in [7, 11) is 0. The maximum atomic E-state index is 3.64. The van der Waals surface area contributed by atoms with Crippen LogP contribution in [0.15, 0.2) is 0 Å². The first-order valence-electron chi connectivity index (χ1n) is 4.50. The van der Waals surface area contributed by atoms with Gasteiger partial charge in [-0.25, -0.2) is 0 Å². The van der Waals surface area contributed by atoms with Crippen LogP contribution < -0.4 is 10.6 Å². The second-order valence-corrected chi connectivity index (χ2v) is 5.04. The molecule has 1 saturated heterocycles. The predicted molar refractivity (Wildman–Crippen MR) is 55.0 cm³/mol. The largest absolute Gasteiger partial charge is 0.310 e. The summed E-state index contributed by atoms with van der Waals surface area (Å²) < 4.78 is 0.645. The summed E-state index contributed by atoms with van der Waals surface area (Å²) in [5, 5.41) is 7.24. The second-order valence-electron chi connectivity index (χ2n) is 3.54. The molecule has 2 nitrogen and oxygen atoms in total. The second kappa shape index (κ2) is 3.58. The molecule has 1 unspecified atom stereocenters. The van der Waals surface area contributed by atoms with E-state index in [4.69, 9.17) is 0 Å².